The van der Waals surface area contributed by atoms with Crippen LogP contribution in [0.5, 0.6) is 0 Å². The van der Waals surface area contributed by atoms with E-state index in [-0.39, 0.29) is 10.8 Å². The molecule has 0 amide bonds. The molecule has 1 aliphatic rings. The third-order valence-electron chi connectivity index (χ3n) is 3.43. The van der Waals surface area contributed by atoms with Crippen molar-refractivity contribution in [3.8, 4) is 0 Å². The SMILES string of the molecule is O=S(=O)(c1ccc(Cl)s1)N1CCOC(c2cc(Cl)cc(Cl)c2)C1. The number of sulfonamides is 1. The van der Waals surface area contributed by atoms with E-state index in [0.29, 0.717) is 27.5 Å². The minimum atomic E-state index is -3.58. The van der Waals surface area contributed by atoms with E-state index in [2.05, 4.69) is 0 Å². The molecule has 0 bridgehead atoms. The molecular formula is C14H12Cl3NO3S2. The number of rotatable bonds is 3. The summed E-state index contributed by atoms with van der Waals surface area (Å²) in [6, 6.07) is 8.18. The average Bonchev–Trinajstić information content (AvgIpc) is 2.94. The highest BCUT2D eigenvalue weighted by Gasteiger charge is 2.32. The third-order valence-corrected chi connectivity index (χ3v) is 7.43. The lowest BCUT2D eigenvalue weighted by molar-refractivity contribution is -0.00249. The van der Waals surface area contributed by atoms with Crippen molar-refractivity contribution in [2.45, 2.75) is 10.3 Å². The van der Waals surface area contributed by atoms with Gasteiger partial charge < -0.3 is 4.74 Å². The van der Waals surface area contributed by atoms with E-state index in [4.69, 9.17) is 39.5 Å². The molecule has 4 nitrogen and oxygen atoms in total. The third kappa shape index (κ3) is 3.85. The molecule has 1 saturated heterocycles. The highest BCUT2D eigenvalue weighted by molar-refractivity contribution is 7.91. The molecule has 0 N–H and O–H groups in total. The second-order valence-electron chi connectivity index (χ2n) is 4.98. The lowest BCUT2D eigenvalue weighted by Crippen LogP contribution is -2.41. The average molecular weight is 413 g/mol. The van der Waals surface area contributed by atoms with Gasteiger partial charge in [0.05, 0.1) is 17.0 Å². The monoisotopic (exact) mass is 411 g/mol. The van der Waals surface area contributed by atoms with Crippen molar-refractivity contribution in [2.75, 3.05) is 19.7 Å². The summed E-state index contributed by atoms with van der Waals surface area (Å²) in [5.41, 5.74) is 0.756. The lowest BCUT2D eigenvalue weighted by atomic mass is 10.1. The zero-order valence-electron chi connectivity index (χ0n) is 11.7. The number of ether oxygens (including phenoxy) is 1. The van der Waals surface area contributed by atoms with Crippen LogP contribution >= 0.6 is 46.1 Å². The number of hydrogen-bond donors (Lipinski definition) is 0. The van der Waals surface area contributed by atoms with Crippen LogP contribution in [0.1, 0.15) is 11.7 Å². The fourth-order valence-corrected chi connectivity index (χ4v) is 5.98. The predicted octanol–water partition coefficient (Wildman–Crippen LogP) is 4.47. The van der Waals surface area contributed by atoms with Crippen LogP contribution in [0.2, 0.25) is 14.4 Å². The van der Waals surface area contributed by atoms with Crippen molar-refractivity contribution >= 4 is 56.2 Å². The van der Waals surface area contributed by atoms with Gasteiger partial charge >= 0.3 is 0 Å². The molecular weight excluding hydrogens is 401 g/mol. The summed E-state index contributed by atoms with van der Waals surface area (Å²) in [4.78, 5) is 0. The minimum Gasteiger partial charge on any atom is -0.371 e. The van der Waals surface area contributed by atoms with E-state index >= 15 is 0 Å². The molecule has 124 valence electrons. The number of halogens is 3. The van der Waals surface area contributed by atoms with Crippen molar-refractivity contribution in [3.05, 3.63) is 50.3 Å². The molecule has 1 unspecified atom stereocenters. The minimum absolute atomic E-state index is 0.203. The molecule has 1 atom stereocenters. The summed E-state index contributed by atoms with van der Waals surface area (Å²) in [5.74, 6) is 0. The van der Waals surface area contributed by atoms with Crippen LogP contribution < -0.4 is 0 Å². The van der Waals surface area contributed by atoms with E-state index in [0.717, 1.165) is 16.9 Å². The maximum atomic E-state index is 12.7. The standard InChI is InChI=1S/C14H12Cl3NO3S2/c15-10-5-9(6-11(16)7-10)12-8-18(3-4-21-12)23(19,20)14-2-1-13(17)22-14/h1-2,5-7,12H,3-4,8H2. The second kappa shape index (κ2) is 6.88. The van der Waals surface area contributed by atoms with Gasteiger partial charge in [0.2, 0.25) is 0 Å². The number of morpholine rings is 1. The van der Waals surface area contributed by atoms with Gasteiger partial charge in [-0.1, -0.05) is 34.8 Å². The first-order valence-corrected chi connectivity index (χ1v) is 10.1. The van der Waals surface area contributed by atoms with Crippen LogP contribution in [0, 0.1) is 0 Å². The maximum absolute atomic E-state index is 12.7. The number of thiophene rings is 1. The fourth-order valence-electron chi connectivity index (χ4n) is 2.37. The van der Waals surface area contributed by atoms with E-state index in [1.165, 1.54) is 10.4 Å². The summed E-state index contributed by atoms with van der Waals surface area (Å²) >= 11 is 18.9. The molecule has 9 heteroatoms. The maximum Gasteiger partial charge on any atom is 0.252 e. The van der Waals surface area contributed by atoms with E-state index in [1.807, 2.05) is 0 Å². The van der Waals surface area contributed by atoms with E-state index in [9.17, 15) is 8.42 Å². The number of hydrogen-bond acceptors (Lipinski definition) is 4. The first kappa shape index (κ1) is 17.5. The molecule has 1 fully saturated rings. The van der Waals surface area contributed by atoms with Crippen LogP contribution in [0.3, 0.4) is 0 Å². The van der Waals surface area contributed by atoms with Crippen molar-refractivity contribution < 1.29 is 13.2 Å². The molecule has 2 heterocycles. The quantitative estimate of drug-likeness (QED) is 0.747. The Morgan fingerprint density at radius 3 is 2.43 bits per heavy atom. The Morgan fingerprint density at radius 1 is 1.13 bits per heavy atom. The Morgan fingerprint density at radius 2 is 1.83 bits per heavy atom. The predicted molar refractivity (Wildman–Crippen MR) is 93.2 cm³/mol. The van der Waals surface area contributed by atoms with Crippen molar-refractivity contribution in [3.63, 3.8) is 0 Å². The topological polar surface area (TPSA) is 46.6 Å². The summed E-state index contributed by atoms with van der Waals surface area (Å²) in [7, 11) is -3.58. The zero-order valence-corrected chi connectivity index (χ0v) is 15.6. The molecule has 1 aliphatic heterocycles. The number of benzene rings is 1. The van der Waals surface area contributed by atoms with Gasteiger partial charge in [0, 0.05) is 23.1 Å². The van der Waals surface area contributed by atoms with Crippen molar-refractivity contribution in [1.82, 2.24) is 4.31 Å². The Labute approximate surface area is 153 Å². The van der Waals surface area contributed by atoms with Crippen LogP contribution in [-0.2, 0) is 14.8 Å². The van der Waals surface area contributed by atoms with Gasteiger partial charge in [0.25, 0.3) is 10.0 Å². The van der Waals surface area contributed by atoms with Crippen LogP contribution in [0.15, 0.2) is 34.5 Å². The Balaban J connectivity index is 1.86. The highest BCUT2D eigenvalue weighted by atomic mass is 35.5. The van der Waals surface area contributed by atoms with Gasteiger partial charge in [0.1, 0.15) is 4.21 Å². The first-order chi connectivity index (χ1) is 10.9. The van der Waals surface area contributed by atoms with E-state index < -0.39 is 16.1 Å². The van der Waals surface area contributed by atoms with E-state index in [1.54, 1.807) is 24.3 Å². The summed E-state index contributed by atoms with van der Waals surface area (Å²) in [5, 5.41) is 0.974. The Bertz CT molecular complexity index is 802. The van der Waals surface area contributed by atoms with Crippen molar-refractivity contribution in [2.24, 2.45) is 0 Å². The van der Waals surface area contributed by atoms with Gasteiger partial charge in [-0.25, -0.2) is 8.42 Å². The molecule has 23 heavy (non-hydrogen) atoms. The van der Waals surface area contributed by atoms with Crippen LogP contribution in [-0.4, -0.2) is 32.4 Å². The molecule has 0 spiro atoms. The molecule has 2 aromatic rings. The zero-order chi connectivity index (χ0) is 16.6. The molecule has 0 aliphatic carbocycles. The largest absolute Gasteiger partial charge is 0.371 e. The van der Waals surface area contributed by atoms with Gasteiger partial charge in [-0.15, -0.1) is 11.3 Å². The van der Waals surface area contributed by atoms with Gasteiger partial charge in [-0.2, -0.15) is 4.31 Å². The molecule has 0 saturated carbocycles. The van der Waals surface area contributed by atoms with Gasteiger partial charge in [0.15, 0.2) is 0 Å². The van der Waals surface area contributed by atoms with Crippen molar-refractivity contribution in [1.29, 1.82) is 0 Å². The fraction of sp³-hybridized carbons (Fsp3) is 0.286. The smallest absolute Gasteiger partial charge is 0.252 e. The first-order valence-electron chi connectivity index (χ1n) is 6.69. The Kier molecular flexibility index (Phi) is 5.23. The molecule has 0 radical (unpaired) electrons. The lowest BCUT2D eigenvalue weighted by Gasteiger charge is -2.32. The summed E-state index contributed by atoms with van der Waals surface area (Å²) in [6.07, 6.45) is -0.412. The van der Waals surface area contributed by atoms with Gasteiger partial charge in [-0.05, 0) is 35.9 Å². The number of nitrogens with zero attached hydrogens (tertiary/aromatic N) is 1. The Hall–Kier alpha value is -0.340. The highest BCUT2D eigenvalue weighted by Crippen LogP contribution is 2.32. The summed E-state index contributed by atoms with van der Waals surface area (Å²) in [6.45, 7) is 0.796. The molecule has 1 aromatic heterocycles. The van der Waals surface area contributed by atoms with Crippen LogP contribution in [0.4, 0.5) is 0 Å². The van der Waals surface area contributed by atoms with Crippen LogP contribution in [0.25, 0.3) is 0 Å². The molecule has 3 rings (SSSR count). The summed E-state index contributed by atoms with van der Waals surface area (Å²) < 4.78 is 33.1. The molecule has 1 aromatic carbocycles. The normalized spacial score (nSPS) is 19.9. The second-order valence-corrected chi connectivity index (χ2v) is 9.74. The van der Waals surface area contributed by atoms with Gasteiger partial charge in [-0.3, -0.25) is 0 Å².